The van der Waals surface area contributed by atoms with Crippen LogP contribution in [0.2, 0.25) is 0 Å². The number of piperidine rings is 1. The molecule has 0 unspecified atom stereocenters. The molecule has 8 heteroatoms. The summed E-state index contributed by atoms with van der Waals surface area (Å²) in [6.07, 6.45) is 1.66. The highest BCUT2D eigenvalue weighted by atomic mass is 127. The molecule has 0 amide bonds. The van der Waals surface area contributed by atoms with E-state index in [-0.39, 0.29) is 24.0 Å². The van der Waals surface area contributed by atoms with Gasteiger partial charge < -0.3 is 10.2 Å². The number of hydrogen-bond acceptors (Lipinski definition) is 3. The van der Waals surface area contributed by atoms with E-state index in [0.29, 0.717) is 30.4 Å². The molecule has 2 aromatic carbocycles. The van der Waals surface area contributed by atoms with E-state index >= 15 is 0 Å². The molecular weight excluding hydrogens is 523 g/mol. The van der Waals surface area contributed by atoms with E-state index in [1.54, 1.807) is 28.6 Å². The average Bonchev–Trinajstić information content (AvgIpc) is 2.78. The molecule has 1 heterocycles. The number of aliphatic imine (C=N–C) groups is 1. The molecule has 6 nitrogen and oxygen atoms in total. The molecular formula is C23H33IN4O2S. The molecule has 170 valence electrons. The maximum absolute atomic E-state index is 12.8. The molecule has 31 heavy (non-hydrogen) atoms. The Balaban J connectivity index is 0.00000341. The van der Waals surface area contributed by atoms with Crippen LogP contribution < -0.4 is 5.32 Å². The smallest absolute Gasteiger partial charge is 0.243 e. The summed E-state index contributed by atoms with van der Waals surface area (Å²) >= 11 is 0. The van der Waals surface area contributed by atoms with E-state index in [0.717, 1.165) is 31.9 Å². The Bertz CT molecular complexity index is 915. The summed E-state index contributed by atoms with van der Waals surface area (Å²) in [5, 5.41) is 3.37. The summed E-state index contributed by atoms with van der Waals surface area (Å²) in [5.41, 5.74) is 1.24. The van der Waals surface area contributed by atoms with Crippen LogP contribution in [0.3, 0.4) is 0 Å². The van der Waals surface area contributed by atoms with Crippen molar-refractivity contribution in [3.05, 3.63) is 66.2 Å². The summed E-state index contributed by atoms with van der Waals surface area (Å²) in [6, 6.07) is 19.0. The van der Waals surface area contributed by atoms with Gasteiger partial charge in [0.05, 0.1) is 4.90 Å². The number of guanidine groups is 1. The SMILES string of the molecule is CCNC(=NCC1CCN(S(=O)(=O)c2ccccc2)CC1)N(C)Cc1ccccc1.I. The number of nitrogens with zero attached hydrogens (tertiary/aromatic N) is 3. The van der Waals surface area contributed by atoms with Crippen molar-refractivity contribution in [3.63, 3.8) is 0 Å². The molecule has 1 fully saturated rings. The van der Waals surface area contributed by atoms with Crippen molar-refractivity contribution in [1.82, 2.24) is 14.5 Å². The zero-order valence-electron chi connectivity index (χ0n) is 18.3. The van der Waals surface area contributed by atoms with Gasteiger partial charge in [-0.3, -0.25) is 4.99 Å². The third-order valence-corrected chi connectivity index (χ3v) is 7.33. The summed E-state index contributed by atoms with van der Waals surface area (Å²) in [7, 11) is -1.35. The monoisotopic (exact) mass is 556 g/mol. The van der Waals surface area contributed by atoms with Gasteiger partial charge in [0.2, 0.25) is 10.0 Å². The molecule has 1 aliphatic rings. The van der Waals surface area contributed by atoms with Crippen LogP contribution >= 0.6 is 24.0 Å². The van der Waals surface area contributed by atoms with Gasteiger partial charge in [-0.25, -0.2) is 8.42 Å². The lowest BCUT2D eigenvalue weighted by molar-refractivity contribution is 0.278. The fraction of sp³-hybridized carbons (Fsp3) is 0.435. The molecule has 1 N–H and O–H groups in total. The van der Waals surface area contributed by atoms with Crippen molar-refractivity contribution in [2.75, 3.05) is 33.2 Å². The van der Waals surface area contributed by atoms with Crippen LogP contribution in [-0.4, -0.2) is 56.8 Å². The predicted molar refractivity (Wildman–Crippen MR) is 137 cm³/mol. The highest BCUT2D eigenvalue weighted by Crippen LogP contribution is 2.24. The van der Waals surface area contributed by atoms with Crippen molar-refractivity contribution in [3.8, 4) is 0 Å². The van der Waals surface area contributed by atoms with Crippen LogP contribution in [0.25, 0.3) is 0 Å². The number of hydrogen-bond donors (Lipinski definition) is 1. The minimum absolute atomic E-state index is 0. The first kappa shape index (κ1) is 25.6. The van der Waals surface area contributed by atoms with Gasteiger partial charge in [0.1, 0.15) is 0 Å². The van der Waals surface area contributed by atoms with Gasteiger partial charge in [-0.15, -0.1) is 24.0 Å². The third-order valence-electron chi connectivity index (χ3n) is 5.41. The van der Waals surface area contributed by atoms with Crippen molar-refractivity contribution in [2.24, 2.45) is 10.9 Å². The zero-order valence-corrected chi connectivity index (χ0v) is 21.4. The molecule has 0 radical (unpaired) electrons. The van der Waals surface area contributed by atoms with Gasteiger partial charge >= 0.3 is 0 Å². The van der Waals surface area contributed by atoms with Gasteiger partial charge in [-0.2, -0.15) is 4.31 Å². The lowest BCUT2D eigenvalue weighted by atomic mass is 9.98. The zero-order chi connectivity index (χ0) is 21.4. The van der Waals surface area contributed by atoms with Gasteiger partial charge in [0.25, 0.3) is 0 Å². The minimum atomic E-state index is -3.40. The number of rotatable bonds is 7. The first-order valence-corrected chi connectivity index (χ1v) is 12.0. The molecule has 0 spiro atoms. The van der Waals surface area contributed by atoms with E-state index in [9.17, 15) is 8.42 Å². The maximum atomic E-state index is 12.8. The fourth-order valence-corrected chi connectivity index (χ4v) is 5.18. The maximum Gasteiger partial charge on any atom is 0.243 e. The van der Waals surface area contributed by atoms with Crippen molar-refractivity contribution >= 4 is 40.0 Å². The highest BCUT2D eigenvalue weighted by Gasteiger charge is 2.29. The Morgan fingerprint density at radius 2 is 1.65 bits per heavy atom. The fourth-order valence-electron chi connectivity index (χ4n) is 3.69. The molecule has 3 rings (SSSR count). The van der Waals surface area contributed by atoms with Crippen LogP contribution in [0.4, 0.5) is 0 Å². The third kappa shape index (κ3) is 7.18. The highest BCUT2D eigenvalue weighted by molar-refractivity contribution is 14.0. The standard InChI is InChI=1S/C23H32N4O2S.HI/c1-3-24-23(26(2)19-21-10-6-4-7-11-21)25-18-20-14-16-27(17-15-20)30(28,29)22-12-8-5-9-13-22;/h4-13,20H,3,14-19H2,1-2H3,(H,24,25);1H. The lowest BCUT2D eigenvalue weighted by Gasteiger charge is -2.31. The summed E-state index contributed by atoms with van der Waals surface area (Å²) in [5.74, 6) is 1.28. The van der Waals surface area contributed by atoms with Crippen LogP contribution in [0, 0.1) is 5.92 Å². The Labute approximate surface area is 203 Å². The predicted octanol–water partition coefficient (Wildman–Crippen LogP) is 3.80. The number of sulfonamides is 1. The normalized spacial score (nSPS) is 15.9. The molecule has 1 aliphatic heterocycles. The van der Waals surface area contributed by atoms with Crippen molar-refractivity contribution < 1.29 is 8.42 Å². The van der Waals surface area contributed by atoms with Gasteiger partial charge in [-0.05, 0) is 43.4 Å². The Morgan fingerprint density at radius 3 is 2.23 bits per heavy atom. The largest absolute Gasteiger partial charge is 0.357 e. The Kier molecular flexibility index (Phi) is 10.2. The number of benzene rings is 2. The Hall–Kier alpha value is -1.65. The molecule has 0 bridgehead atoms. The molecule has 0 saturated carbocycles. The van der Waals surface area contributed by atoms with Gasteiger partial charge in [-0.1, -0.05) is 48.5 Å². The van der Waals surface area contributed by atoms with Crippen molar-refractivity contribution in [2.45, 2.75) is 31.2 Å². The lowest BCUT2D eigenvalue weighted by Crippen LogP contribution is -2.40. The van der Waals surface area contributed by atoms with Gasteiger partial charge in [0.15, 0.2) is 5.96 Å². The topological polar surface area (TPSA) is 65.0 Å². The van der Waals surface area contributed by atoms with Crippen LogP contribution in [0.1, 0.15) is 25.3 Å². The van der Waals surface area contributed by atoms with E-state index in [1.807, 2.05) is 31.3 Å². The summed E-state index contributed by atoms with van der Waals surface area (Å²) in [4.78, 5) is 7.35. The second kappa shape index (κ2) is 12.4. The van der Waals surface area contributed by atoms with E-state index in [4.69, 9.17) is 4.99 Å². The molecule has 2 aromatic rings. The number of halogens is 1. The van der Waals surface area contributed by atoms with Gasteiger partial charge in [0, 0.05) is 39.8 Å². The Morgan fingerprint density at radius 1 is 1.06 bits per heavy atom. The molecule has 0 aromatic heterocycles. The quantitative estimate of drug-likeness (QED) is 0.320. The first-order chi connectivity index (χ1) is 14.5. The first-order valence-electron chi connectivity index (χ1n) is 10.6. The molecule has 1 saturated heterocycles. The number of nitrogens with one attached hydrogen (secondary N) is 1. The minimum Gasteiger partial charge on any atom is -0.357 e. The van der Waals surface area contributed by atoms with Crippen LogP contribution in [-0.2, 0) is 16.6 Å². The van der Waals surface area contributed by atoms with E-state index in [1.165, 1.54) is 5.56 Å². The van der Waals surface area contributed by atoms with E-state index < -0.39 is 10.0 Å². The average molecular weight is 557 g/mol. The van der Waals surface area contributed by atoms with E-state index in [2.05, 4.69) is 29.3 Å². The van der Waals surface area contributed by atoms with Crippen LogP contribution in [0.15, 0.2) is 70.6 Å². The summed E-state index contributed by atoms with van der Waals surface area (Å²) in [6.45, 7) is 5.48. The summed E-state index contributed by atoms with van der Waals surface area (Å²) < 4.78 is 27.2. The second-order valence-corrected chi connectivity index (χ2v) is 9.63. The molecule has 0 aliphatic carbocycles. The van der Waals surface area contributed by atoms with Crippen molar-refractivity contribution in [1.29, 1.82) is 0 Å². The molecule has 0 atom stereocenters. The van der Waals surface area contributed by atoms with Crippen LogP contribution in [0.5, 0.6) is 0 Å². The second-order valence-electron chi connectivity index (χ2n) is 7.70.